The number of hydrogen-bond acceptors (Lipinski definition) is 10. The van der Waals surface area contributed by atoms with Gasteiger partial charge in [0.25, 0.3) is 5.91 Å². The maximum atomic E-state index is 14.0. The monoisotopic (exact) mass is 590 g/mol. The quantitative estimate of drug-likeness (QED) is 0.197. The molecule has 11 nitrogen and oxygen atoms in total. The molecule has 5 rings (SSSR count). The molecule has 6 N–H and O–H groups in total. The number of amides is 1. The lowest BCUT2D eigenvalue weighted by Crippen LogP contribution is -2.65. The third-order valence-corrected chi connectivity index (χ3v) is 8.41. The molecule has 4 atom stereocenters. The van der Waals surface area contributed by atoms with Crippen molar-refractivity contribution in [2.75, 3.05) is 21.2 Å². The summed E-state index contributed by atoms with van der Waals surface area (Å²) in [7, 11) is 4.37. The second kappa shape index (κ2) is 11.2. The summed E-state index contributed by atoms with van der Waals surface area (Å²) in [6.07, 6.45) is 3.00. The summed E-state index contributed by atoms with van der Waals surface area (Å²) < 4.78 is 4.65. The number of hydrogen-bond donors (Lipinski definition) is 5. The van der Waals surface area contributed by atoms with Crippen LogP contribution in [0.25, 0.3) is 23.0 Å². The van der Waals surface area contributed by atoms with Gasteiger partial charge >= 0.3 is 5.97 Å². The predicted octanol–water partition coefficient (Wildman–Crippen LogP) is 2.45. The molecule has 0 aliphatic heterocycles. The van der Waals surface area contributed by atoms with Crippen LogP contribution in [0.15, 0.2) is 59.4 Å². The van der Waals surface area contributed by atoms with Gasteiger partial charge in [0.15, 0.2) is 11.4 Å². The molecule has 1 amide bonds. The fraction of sp³-hybridized carbons (Fsp3) is 0.312. The number of phenolic OH excluding ortho intramolecular Hbond substituents is 1. The number of aliphatic hydroxyl groups excluding tert-OH is 2. The highest BCUT2D eigenvalue weighted by molar-refractivity contribution is 6.24. The Labute approximate surface area is 248 Å². The van der Waals surface area contributed by atoms with E-state index in [9.17, 15) is 39.6 Å². The minimum atomic E-state index is -2.70. The summed E-state index contributed by atoms with van der Waals surface area (Å²) in [6, 6.07) is 9.08. The van der Waals surface area contributed by atoms with Crippen LogP contribution in [0.4, 0.5) is 0 Å². The first-order valence-corrected chi connectivity index (χ1v) is 13.2. The summed E-state index contributed by atoms with van der Waals surface area (Å²) in [5.41, 5.74) is 4.17. The standard InChI is InChI=1S/C31H30N2O9.CH4/c1-33(2)25-19-13-16-12-18-17(15-6-4-5-14(11-15)7-10-21(35)42-3)8-9-20(34)23(18)26(36)22(16)28(38)31(19,41)29(39)24(27(25)37)30(32)40;/h4-11,16,19,25,34,36,39,41H,12-13H2,1-3H3,(H2,32,40);1H4/b10-7+;/t16-,19-,25-,31-;/m0./s1. The van der Waals surface area contributed by atoms with Gasteiger partial charge in [-0.15, -0.1) is 0 Å². The number of carbonyl (C=O) groups is 4. The number of carbonyl (C=O) groups excluding carboxylic acids is 4. The number of esters is 1. The van der Waals surface area contributed by atoms with E-state index in [0.717, 1.165) is 0 Å². The highest BCUT2D eigenvalue weighted by Gasteiger charge is 2.64. The van der Waals surface area contributed by atoms with Crippen LogP contribution in [0.1, 0.15) is 30.5 Å². The average molecular weight is 591 g/mol. The third kappa shape index (κ3) is 4.70. The van der Waals surface area contributed by atoms with E-state index in [1.165, 1.54) is 24.2 Å². The van der Waals surface area contributed by atoms with Gasteiger partial charge < -0.3 is 30.9 Å². The largest absolute Gasteiger partial charge is 0.508 e. The Morgan fingerprint density at radius 2 is 1.81 bits per heavy atom. The number of primary amides is 1. The highest BCUT2D eigenvalue weighted by atomic mass is 16.5. The fourth-order valence-corrected chi connectivity index (χ4v) is 6.56. The van der Waals surface area contributed by atoms with E-state index in [2.05, 4.69) is 4.74 Å². The number of aromatic hydroxyl groups is 1. The zero-order valence-corrected chi connectivity index (χ0v) is 23.1. The molecule has 0 unspecified atom stereocenters. The van der Waals surface area contributed by atoms with Crippen molar-refractivity contribution in [1.82, 2.24) is 4.90 Å². The Morgan fingerprint density at radius 3 is 2.44 bits per heavy atom. The first-order valence-electron chi connectivity index (χ1n) is 13.2. The first kappa shape index (κ1) is 31.2. The molecule has 11 heteroatoms. The van der Waals surface area contributed by atoms with E-state index in [1.807, 2.05) is 12.1 Å². The maximum absolute atomic E-state index is 14.0. The zero-order chi connectivity index (χ0) is 30.7. The van der Waals surface area contributed by atoms with Gasteiger partial charge in [-0.3, -0.25) is 19.3 Å². The third-order valence-electron chi connectivity index (χ3n) is 8.41. The molecule has 1 fully saturated rings. The summed E-state index contributed by atoms with van der Waals surface area (Å²) in [5.74, 6) is -7.54. The number of Topliss-reactive ketones (excluding diaryl/α,β-unsaturated/α-hetero) is 2. The van der Waals surface area contributed by atoms with Gasteiger partial charge in [-0.1, -0.05) is 31.7 Å². The molecule has 2 aromatic carbocycles. The molecule has 0 aromatic heterocycles. The number of nitrogens with zero attached hydrogens (tertiary/aromatic N) is 1. The predicted molar refractivity (Wildman–Crippen MR) is 157 cm³/mol. The van der Waals surface area contributed by atoms with Gasteiger partial charge in [0.2, 0.25) is 5.78 Å². The number of nitrogens with two attached hydrogens (primary N) is 1. The molecule has 0 radical (unpaired) electrons. The van der Waals surface area contributed by atoms with Crippen LogP contribution in [-0.4, -0.2) is 81.6 Å². The van der Waals surface area contributed by atoms with Crippen molar-refractivity contribution in [3.05, 3.63) is 76.1 Å². The molecular weight excluding hydrogens is 556 g/mol. The summed E-state index contributed by atoms with van der Waals surface area (Å²) in [4.78, 5) is 52.4. The first-order chi connectivity index (χ1) is 19.8. The Balaban J connectivity index is 0.00000423. The number of methoxy groups -OCH3 is 1. The molecule has 3 aliphatic rings. The van der Waals surface area contributed by atoms with Crippen molar-refractivity contribution >= 4 is 35.3 Å². The number of ether oxygens (including phenoxy) is 1. The lowest BCUT2D eigenvalue weighted by atomic mass is 9.57. The number of likely N-dealkylation sites (N-methyl/N-ethyl adjacent to an activating group) is 1. The summed E-state index contributed by atoms with van der Waals surface area (Å²) >= 11 is 0. The second-order valence-electron chi connectivity index (χ2n) is 10.9. The number of phenols is 1. The fourth-order valence-electron chi connectivity index (χ4n) is 6.56. The molecule has 1 saturated carbocycles. The van der Waals surface area contributed by atoms with Gasteiger partial charge in [-0.2, -0.15) is 0 Å². The van der Waals surface area contributed by atoms with E-state index in [1.54, 1.807) is 38.4 Å². The highest BCUT2D eigenvalue weighted by Crippen LogP contribution is 2.53. The van der Waals surface area contributed by atoms with Gasteiger partial charge in [-0.25, -0.2) is 4.79 Å². The van der Waals surface area contributed by atoms with Crippen LogP contribution < -0.4 is 5.73 Å². The smallest absolute Gasteiger partial charge is 0.330 e. The Hall–Kier alpha value is -4.74. The van der Waals surface area contributed by atoms with E-state index in [4.69, 9.17) is 5.73 Å². The van der Waals surface area contributed by atoms with Crippen molar-refractivity contribution in [2.24, 2.45) is 17.6 Å². The normalized spacial score (nSPS) is 24.8. The van der Waals surface area contributed by atoms with Crippen LogP contribution in [0.3, 0.4) is 0 Å². The molecule has 0 heterocycles. The number of ketones is 2. The van der Waals surface area contributed by atoms with Crippen molar-refractivity contribution in [3.8, 4) is 16.9 Å². The Morgan fingerprint density at radius 1 is 1.12 bits per heavy atom. The van der Waals surface area contributed by atoms with Gasteiger partial charge in [-0.05, 0) is 73.3 Å². The summed E-state index contributed by atoms with van der Waals surface area (Å²) in [6.45, 7) is 0. The minimum Gasteiger partial charge on any atom is -0.508 e. The Kier molecular flexibility index (Phi) is 8.10. The number of aliphatic hydroxyl groups is 3. The van der Waals surface area contributed by atoms with Gasteiger partial charge in [0.05, 0.1) is 18.7 Å². The molecule has 2 aromatic rings. The van der Waals surface area contributed by atoms with Gasteiger partial charge in [0.1, 0.15) is 22.8 Å². The van der Waals surface area contributed by atoms with E-state index < -0.39 is 64.0 Å². The number of benzene rings is 2. The summed E-state index contributed by atoms with van der Waals surface area (Å²) in [5, 5.41) is 45.0. The van der Waals surface area contributed by atoms with E-state index in [0.29, 0.717) is 22.3 Å². The molecular formula is C32H34N2O9. The maximum Gasteiger partial charge on any atom is 0.330 e. The van der Waals surface area contributed by atoms with Crippen molar-refractivity contribution in [1.29, 1.82) is 0 Å². The topological polar surface area (TPSA) is 188 Å². The molecule has 3 aliphatic carbocycles. The van der Waals surface area contributed by atoms with E-state index >= 15 is 0 Å². The molecule has 43 heavy (non-hydrogen) atoms. The number of fused-ring (bicyclic) bond motifs is 3. The van der Waals surface area contributed by atoms with Crippen molar-refractivity contribution in [2.45, 2.75) is 31.9 Å². The average Bonchev–Trinajstić information content (AvgIpc) is 2.93. The minimum absolute atomic E-state index is 0. The molecule has 0 saturated heterocycles. The molecule has 0 bridgehead atoms. The Bertz CT molecular complexity index is 1650. The number of rotatable bonds is 5. The van der Waals surface area contributed by atoms with E-state index in [-0.39, 0.29) is 37.2 Å². The lowest BCUT2D eigenvalue weighted by molar-refractivity contribution is -0.153. The SMILES string of the molecule is C.COC(=O)/C=C/c1cccc(-c2ccc(O)c3c2C[C@H]2C[C@H]4[C@H](N(C)C)C(=O)C(C(N)=O)=C(O)[C@@]4(O)C(=O)C2=C3O)c1. The van der Waals surface area contributed by atoms with Crippen LogP contribution >= 0.6 is 0 Å². The van der Waals surface area contributed by atoms with Crippen LogP contribution in [0.2, 0.25) is 0 Å². The van der Waals surface area contributed by atoms with Gasteiger partial charge in [0, 0.05) is 17.6 Å². The molecule has 0 spiro atoms. The van der Waals surface area contributed by atoms with Crippen molar-refractivity contribution < 1.29 is 44.3 Å². The van der Waals surface area contributed by atoms with Crippen molar-refractivity contribution in [3.63, 3.8) is 0 Å². The molecule has 226 valence electrons. The van der Waals surface area contributed by atoms with Crippen LogP contribution in [0.5, 0.6) is 5.75 Å². The van der Waals surface area contributed by atoms with Crippen LogP contribution in [0, 0.1) is 11.8 Å². The second-order valence-corrected chi connectivity index (χ2v) is 10.9. The zero-order valence-electron chi connectivity index (χ0n) is 23.1. The lowest BCUT2D eigenvalue weighted by Gasteiger charge is -2.50. The van der Waals surface area contributed by atoms with Crippen LogP contribution in [-0.2, 0) is 30.3 Å².